The van der Waals surface area contributed by atoms with Gasteiger partial charge in [0, 0.05) is 5.92 Å². The summed E-state index contributed by atoms with van der Waals surface area (Å²) in [6.07, 6.45) is -2.09. The summed E-state index contributed by atoms with van der Waals surface area (Å²) in [6, 6.07) is 19.1. The van der Waals surface area contributed by atoms with Crippen molar-refractivity contribution in [3.63, 3.8) is 0 Å². The van der Waals surface area contributed by atoms with Crippen molar-refractivity contribution < 1.29 is 19.4 Å². The highest BCUT2D eigenvalue weighted by Gasteiger charge is 2.44. The zero-order valence-electron chi connectivity index (χ0n) is 15.1. The Morgan fingerprint density at radius 1 is 1.19 bits per heavy atom. The topological polar surface area (TPSA) is 59.0 Å². The Labute approximate surface area is 154 Å². The second kappa shape index (κ2) is 8.34. The minimum absolute atomic E-state index is 0.187. The summed E-state index contributed by atoms with van der Waals surface area (Å²) in [5.41, 5.74) is 1.96. The molecule has 5 nitrogen and oxygen atoms in total. The van der Waals surface area contributed by atoms with Crippen LogP contribution < -0.4 is 0 Å². The van der Waals surface area contributed by atoms with E-state index in [2.05, 4.69) is 0 Å². The van der Waals surface area contributed by atoms with Crippen molar-refractivity contribution in [3.05, 3.63) is 71.8 Å². The van der Waals surface area contributed by atoms with Gasteiger partial charge in [0.25, 0.3) is 0 Å². The van der Waals surface area contributed by atoms with Gasteiger partial charge >= 0.3 is 6.09 Å². The van der Waals surface area contributed by atoms with Crippen molar-refractivity contribution in [2.24, 2.45) is 0 Å². The van der Waals surface area contributed by atoms with Crippen LogP contribution in [0.2, 0.25) is 0 Å². The van der Waals surface area contributed by atoms with Crippen molar-refractivity contribution >= 4 is 6.09 Å². The molecule has 1 N–H and O–H groups in total. The fourth-order valence-corrected chi connectivity index (χ4v) is 3.35. The fourth-order valence-electron chi connectivity index (χ4n) is 3.35. The zero-order valence-corrected chi connectivity index (χ0v) is 15.1. The number of hydrogen-bond acceptors (Lipinski definition) is 4. The van der Waals surface area contributed by atoms with E-state index >= 15 is 0 Å². The average Bonchev–Trinajstić information content (AvgIpc) is 3.13. The van der Waals surface area contributed by atoms with Crippen LogP contribution in [0.15, 0.2) is 60.7 Å². The molecular formula is C21H25NO4. The lowest BCUT2D eigenvalue weighted by atomic mass is 9.94. The van der Waals surface area contributed by atoms with Gasteiger partial charge in [-0.05, 0) is 18.1 Å². The molecule has 2 aromatic rings. The van der Waals surface area contributed by atoms with Crippen LogP contribution in [0.3, 0.4) is 0 Å². The highest BCUT2D eigenvalue weighted by atomic mass is 16.6. The average molecular weight is 355 g/mol. The first-order valence-corrected chi connectivity index (χ1v) is 8.98. The SMILES string of the molecule is CCOC(=O)N1[C@@H]([C@H](O)[C@H](C)c2ccccc2)OC[C@H]1c1ccccc1. The molecule has 138 valence electrons. The highest BCUT2D eigenvalue weighted by Crippen LogP contribution is 2.35. The summed E-state index contributed by atoms with van der Waals surface area (Å²) in [5.74, 6) is -0.187. The van der Waals surface area contributed by atoms with Crippen LogP contribution in [0.4, 0.5) is 4.79 Å². The second-order valence-corrected chi connectivity index (χ2v) is 6.45. The van der Waals surface area contributed by atoms with E-state index in [-0.39, 0.29) is 18.6 Å². The normalized spacial score (nSPS) is 22.0. The van der Waals surface area contributed by atoms with Gasteiger partial charge in [-0.3, -0.25) is 4.90 Å². The number of rotatable bonds is 5. The molecule has 26 heavy (non-hydrogen) atoms. The molecule has 0 radical (unpaired) electrons. The van der Waals surface area contributed by atoms with Crippen molar-refractivity contribution in [3.8, 4) is 0 Å². The van der Waals surface area contributed by atoms with Crippen LogP contribution in [0, 0.1) is 0 Å². The van der Waals surface area contributed by atoms with Crippen LogP contribution in [0.1, 0.15) is 36.9 Å². The summed E-state index contributed by atoms with van der Waals surface area (Å²) in [7, 11) is 0. The number of nitrogens with zero attached hydrogens (tertiary/aromatic N) is 1. The van der Waals surface area contributed by atoms with Crippen molar-refractivity contribution in [2.45, 2.75) is 38.1 Å². The highest BCUT2D eigenvalue weighted by molar-refractivity contribution is 5.69. The number of aliphatic hydroxyl groups excluding tert-OH is 1. The number of amides is 1. The monoisotopic (exact) mass is 355 g/mol. The Balaban J connectivity index is 1.86. The molecule has 1 saturated heterocycles. The van der Waals surface area contributed by atoms with E-state index in [0.717, 1.165) is 11.1 Å². The van der Waals surface area contributed by atoms with Crippen LogP contribution in [-0.2, 0) is 9.47 Å². The smallest absolute Gasteiger partial charge is 0.412 e. The number of carbonyl (C=O) groups excluding carboxylic acids is 1. The Hall–Kier alpha value is -2.37. The minimum Gasteiger partial charge on any atom is -0.450 e. The van der Waals surface area contributed by atoms with Crippen molar-refractivity contribution in [1.29, 1.82) is 0 Å². The molecular weight excluding hydrogens is 330 g/mol. The molecule has 0 aromatic heterocycles. The van der Waals surface area contributed by atoms with Crippen molar-refractivity contribution in [2.75, 3.05) is 13.2 Å². The molecule has 1 aliphatic heterocycles. The molecule has 1 amide bonds. The molecule has 1 heterocycles. The summed E-state index contributed by atoms with van der Waals surface area (Å²) in [5, 5.41) is 10.9. The maximum atomic E-state index is 12.6. The Bertz CT molecular complexity index is 706. The first kappa shape index (κ1) is 18.4. The van der Waals surface area contributed by atoms with Crippen LogP contribution in [-0.4, -0.2) is 41.6 Å². The molecule has 1 fully saturated rings. The summed E-state index contributed by atoms with van der Waals surface area (Å²) >= 11 is 0. The van der Waals surface area contributed by atoms with Crippen LogP contribution in [0.25, 0.3) is 0 Å². The molecule has 0 saturated carbocycles. The first-order valence-electron chi connectivity index (χ1n) is 8.98. The number of hydrogen-bond donors (Lipinski definition) is 1. The Morgan fingerprint density at radius 3 is 2.42 bits per heavy atom. The maximum absolute atomic E-state index is 12.6. The molecule has 0 spiro atoms. The number of benzene rings is 2. The lowest BCUT2D eigenvalue weighted by Crippen LogP contribution is -2.46. The second-order valence-electron chi connectivity index (χ2n) is 6.45. The third kappa shape index (κ3) is 3.74. The van der Waals surface area contributed by atoms with Crippen LogP contribution in [0.5, 0.6) is 0 Å². The Kier molecular flexibility index (Phi) is 5.91. The number of ether oxygens (including phenoxy) is 2. The van der Waals surface area contributed by atoms with E-state index in [9.17, 15) is 9.90 Å². The van der Waals surface area contributed by atoms with Gasteiger partial charge in [-0.25, -0.2) is 4.79 Å². The molecule has 0 unspecified atom stereocenters. The Morgan fingerprint density at radius 2 is 1.81 bits per heavy atom. The fraction of sp³-hybridized carbons (Fsp3) is 0.381. The van der Waals surface area contributed by atoms with E-state index in [1.165, 1.54) is 4.90 Å². The van der Waals surface area contributed by atoms with E-state index in [0.29, 0.717) is 6.61 Å². The third-order valence-corrected chi connectivity index (χ3v) is 4.83. The molecule has 5 heteroatoms. The largest absolute Gasteiger partial charge is 0.450 e. The third-order valence-electron chi connectivity index (χ3n) is 4.83. The van der Waals surface area contributed by atoms with Gasteiger partial charge in [0.15, 0.2) is 6.23 Å². The summed E-state index contributed by atoms with van der Waals surface area (Å²) < 4.78 is 11.1. The van der Waals surface area contributed by atoms with E-state index in [1.807, 2.05) is 67.6 Å². The quantitative estimate of drug-likeness (QED) is 0.888. The maximum Gasteiger partial charge on any atom is 0.412 e. The molecule has 3 rings (SSSR count). The van der Waals surface area contributed by atoms with Gasteiger partial charge in [-0.2, -0.15) is 0 Å². The van der Waals surface area contributed by atoms with E-state index in [1.54, 1.807) is 6.92 Å². The molecule has 0 aliphatic carbocycles. The van der Waals surface area contributed by atoms with Crippen LogP contribution >= 0.6 is 0 Å². The molecule has 2 aromatic carbocycles. The van der Waals surface area contributed by atoms with E-state index in [4.69, 9.17) is 9.47 Å². The number of carbonyl (C=O) groups is 1. The zero-order chi connectivity index (χ0) is 18.5. The predicted octanol–water partition coefficient (Wildman–Crippen LogP) is 3.71. The number of aliphatic hydroxyl groups is 1. The minimum atomic E-state index is -0.865. The van der Waals surface area contributed by atoms with Gasteiger partial charge in [0.05, 0.1) is 19.3 Å². The van der Waals surface area contributed by atoms with Gasteiger partial charge in [-0.1, -0.05) is 67.6 Å². The van der Waals surface area contributed by atoms with Gasteiger partial charge < -0.3 is 14.6 Å². The molecule has 0 bridgehead atoms. The molecule has 4 atom stereocenters. The van der Waals surface area contributed by atoms with Gasteiger partial charge in [0.2, 0.25) is 0 Å². The van der Waals surface area contributed by atoms with Gasteiger partial charge in [0.1, 0.15) is 6.10 Å². The summed E-state index contributed by atoms with van der Waals surface area (Å²) in [4.78, 5) is 14.1. The molecule has 1 aliphatic rings. The first-order chi connectivity index (χ1) is 12.6. The lowest BCUT2D eigenvalue weighted by molar-refractivity contribution is -0.0681. The lowest BCUT2D eigenvalue weighted by Gasteiger charge is -2.32. The summed E-state index contributed by atoms with van der Waals surface area (Å²) in [6.45, 7) is 4.30. The predicted molar refractivity (Wildman–Crippen MR) is 98.6 cm³/mol. The van der Waals surface area contributed by atoms with Gasteiger partial charge in [-0.15, -0.1) is 0 Å². The van der Waals surface area contributed by atoms with Crippen molar-refractivity contribution in [1.82, 2.24) is 4.90 Å². The standard InChI is InChI=1S/C21H25NO4/c1-3-25-21(24)22-18(17-12-8-5-9-13-17)14-26-20(22)19(23)15(2)16-10-6-4-7-11-16/h4-13,15,18-20,23H,3,14H2,1-2H3/t15-,18+,19-,20-/m1/s1. The van der Waals surface area contributed by atoms with E-state index < -0.39 is 18.4 Å².